The monoisotopic (exact) mass is 580 g/mol. The van der Waals surface area contributed by atoms with Crippen LogP contribution in [-0.2, 0) is 0 Å². The molecule has 0 spiro atoms. The highest BCUT2D eigenvalue weighted by Gasteiger charge is 2.18. The smallest absolute Gasteiger partial charge is 0.238 e. The lowest BCUT2D eigenvalue weighted by molar-refractivity contribution is 0.953. The van der Waals surface area contributed by atoms with Gasteiger partial charge in [0.25, 0.3) is 0 Å². The van der Waals surface area contributed by atoms with Gasteiger partial charge in [0.05, 0.1) is 11.0 Å². The summed E-state index contributed by atoms with van der Waals surface area (Å²) in [7, 11) is 0. The van der Waals surface area contributed by atoms with E-state index in [-0.39, 0.29) is 0 Å². The van der Waals surface area contributed by atoms with Crippen molar-refractivity contribution in [2.45, 2.75) is 0 Å². The first-order valence-electron chi connectivity index (χ1n) is 14.6. The van der Waals surface area contributed by atoms with Crippen LogP contribution < -0.4 is 0 Å². The van der Waals surface area contributed by atoms with Gasteiger partial charge in [-0.05, 0) is 41.5 Å². The van der Waals surface area contributed by atoms with Gasteiger partial charge in [-0.15, -0.1) is 11.3 Å². The summed E-state index contributed by atoms with van der Waals surface area (Å²) in [5, 5.41) is 4.96. The molecule has 0 aliphatic carbocycles. The highest BCUT2D eigenvalue weighted by molar-refractivity contribution is 7.25. The van der Waals surface area contributed by atoms with Crippen LogP contribution in [0.3, 0.4) is 0 Å². The zero-order valence-corrected chi connectivity index (χ0v) is 24.4. The Morgan fingerprint density at radius 3 is 1.70 bits per heavy atom. The Kier molecular flexibility index (Phi) is 5.64. The predicted octanol–water partition coefficient (Wildman–Crippen LogP) is 10.3. The Bertz CT molecular complexity index is 2440. The maximum absolute atomic E-state index is 5.05. The van der Waals surface area contributed by atoms with Gasteiger partial charge in [-0.25, -0.2) is 4.98 Å². The van der Waals surface area contributed by atoms with Crippen molar-refractivity contribution < 1.29 is 0 Å². The summed E-state index contributed by atoms with van der Waals surface area (Å²) in [5.74, 6) is 1.89. The van der Waals surface area contributed by atoms with E-state index in [9.17, 15) is 0 Å². The fourth-order valence-electron chi connectivity index (χ4n) is 6.17. The maximum atomic E-state index is 5.05. The Hall–Kier alpha value is -5.65. The summed E-state index contributed by atoms with van der Waals surface area (Å²) in [6.45, 7) is 0. The fraction of sp³-hybridized carbons (Fsp3) is 0. The number of hydrogen-bond donors (Lipinski definition) is 0. The quantitative estimate of drug-likeness (QED) is 0.208. The third kappa shape index (κ3) is 4.02. The summed E-state index contributed by atoms with van der Waals surface area (Å²) >= 11 is 1.85. The Balaban J connectivity index is 1.26. The van der Waals surface area contributed by atoms with E-state index >= 15 is 0 Å². The standard InChI is InChI=1S/C39H24N4S/c1-3-11-25(12-4-1)37-40-38(26-13-5-2-6-14-26)42-39(41-37)43-33-17-9-7-15-29(33)32-23-27(20-22-34(32)43)28-19-21-31-30-16-8-10-18-35(30)44-36(31)24-28/h1-24H. The molecule has 0 bridgehead atoms. The van der Waals surface area contributed by atoms with Gasteiger partial charge in [0.1, 0.15) is 0 Å². The molecule has 0 saturated carbocycles. The van der Waals surface area contributed by atoms with Crippen molar-refractivity contribution in [3.8, 4) is 39.9 Å². The molecular formula is C39H24N4S. The van der Waals surface area contributed by atoms with Crippen LogP contribution in [0, 0.1) is 0 Å². The summed E-state index contributed by atoms with van der Waals surface area (Å²) in [5.41, 5.74) is 6.41. The predicted molar refractivity (Wildman–Crippen MR) is 183 cm³/mol. The zero-order valence-electron chi connectivity index (χ0n) is 23.6. The molecule has 0 unspecified atom stereocenters. The zero-order chi connectivity index (χ0) is 29.0. The van der Waals surface area contributed by atoms with E-state index < -0.39 is 0 Å². The number of thiophene rings is 1. The van der Waals surface area contributed by atoms with Crippen molar-refractivity contribution in [3.05, 3.63) is 146 Å². The van der Waals surface area contributed by atoms with Gasteiger partial charge in [0, 0.05) is 42.1 Å². The van der Waals surface area contributed by atoms with E-state index in [1.54, 1.807) is 0 Å². The van der Waals surface area contributed by atoms with Crippen LogP contribution in [0.1, 0.15) is 0 Å². The van der Waals surface area contributed by atoms with Gasteiger partial charge in [0.15, 0.2) is 11.6 Å². The lowest BCUT2D eigenvalue weighted by Crippen LogP contribution is -2.06. The molecule has 0 atom stereocenters. The number of nitrogens with zero attached hydrogens (tertiary/aromatic N) is 4. The second-order valence-electron chi connectivity index (χ2n) is 10.9. The molecule has 0 amide bonds. The molecule has 0 aliphatic heterocycles. The fourth-order valence-corrected chi connectivity index (χ4v) is 7.32. The van der Waals surface area contributed by atoms with Crippen molar-refractivity contribution in [1.82, 2.24) is 19.5 Å². The van der Waals surface area contributed by atoms with E-state index in [1.165, 1.54) is 31.3 Å². The van der Waals surface area contributed by atoms with Crippen LogP contribution in [0.15, 0.2) is 146 Å². The molecule has 0 radical (unpaired) electrons. The van der Waals surface area contributed by atoms with Crippen LogP contribution >= 0.6 is 11.3 Å². The number of hydrogen-bond acceptors (Lipinski definition) is 4. The average Bonchev–Trinajstić information content (AvgIpc) is 3.64. The van der Waals surface area contributed by atoms with Gasteiger partial charge in [0.2, 0.25) is 5.95 Å². The maximum Gasteiger partial charge on any atom is 0.238 e. The molecule has 0 saturated heterocycles. The highest BCUT2D eigenvalue weighted by atomic mass is 32.1. The van der Waals surface area contributed by atoms with Crippen molar-refractivity contribution in [2.24, 2.45) is 0 Å². The molecule has 9 rings (SSSR count). The van der Waals surface area contributed by atoms with Crippen molar-refractivity contribution in [2.75, 3.05) is 0 Å². The summed E-state index contributed by atoms with van der Waals surface area (Å²) in [4.78, 5) is 15.0. The molecule has 5 heteroatoms. The molecule has 4 nitrogen and oxygen atoms in total. The molecule has 44 heavy (non-hydrogen) atoms. The van der Waals surface area contributed by atoms with Crippen molar-refractivity contribution in [1.29, 1.82) is 0 Å². The lowest BCUT2D eigenvalue weighted by Gasteiger charge is -2.11. The van der Waals surface area contributed by atoms with Crippen LogP contribution in [0.5, 0.6) is 0 Å². The first kappa shape index (κ1) is 24.9. The number of rotatable bonds is 4. The van der Waals surface area contributed by atoms with Crippen molar-refractivity contribution >= 4 is 53.3 Å². The van der Waals surface area contributed by atoms with Gasteiger partial charge in [-0.2, -0.15) is 9.97 Å². The molecule has 3 heterocycles. The van der Waals surface area contributed by atoms with E-state index in [1.807, 2.05) is 72.0 Å². The minimum absolute atomic E-state index is 0.600. The Morgan fingerprint density at radius 1 is 0.386 bits per heavy atom. The van der Waals surface area contributed by atoms with Crippen LogP contribution in [0.25, 0.3) is 81.8 Å². The minimum Gasteiger partial charge on any atom is -0.278 e. The third-order valence-corrected chi connectivity index (χ3v) is 9.41. The summed E-state index contributed by atoms with van der Waals surface area (Å²) < 4.78 is 4.79. The van der Waals surface area contributed by atoms with E-state index in [0.29, 0.717) is 17.6 Å². The molecule has 9 aromatic rings. The summed E-state index contributed by atoms with van der Waals surface area (Å²) in [6, 6.07) is 50.9. The van der Waals surface area contributed by atoms with Crippen LogP contribution in [-0.4, -0.2) is 19.5 Å². The second kappa shape index (κ2) is 9.97. The van der Waals surface area contributed by atoms with E-state index in [4.69, 9.17) is 15.0 Å². The number of para-hydroxylation sites is 1. The largest absolute Gasteiger partial charge is 0.278 e. The number of fused-ring (bicyclic) bond motifs is 6. The minimum atomic E-state index is 0.600. The first-order valence-corrected chi connectivity index (χ1v) is 15.4. The van der Waals surface area contributed by atoms with Gasteiger partial charge >= 0.3 is 0 Å². The van der Waals surface area contributed by atoms with E-state index in [0.717, 1.165) is 32.9 Å². The average molecular weight is 581 g/mol. The number of benzene rings is 6. The highest BCUT2D eigenvalue weighted by Crippen LogP contribution is 2.38. The molecule has 6 aromatic carbocycles. The molecule has 0 fully saturated rings. The Labute approximate surface area is 257 Å². The first-order chi connectivity index (χ1) is 21.8. The second-order valence-corrected chi connectivity index (χ2v) is 12.0. The van der Waals surface area contributed by atoms with Gasteiger partial charge < -0.3 is 0 Å². The van der Waals surface area contributed by atoms with Crippen LogP contribution in [0.2, 0.25) is 0 Å². The van der Waals surface area contributed by atoms with Gasteiger partial charge in [-0.1, -0.05) is 115 Å². The summed E-state index contributed by atoms with van der Waals surface area (Å²) in [6.07, 6.45) is 0. The van der Waals surface area contributed by atoms with E-state index in [2.05, 4.69) is 89.5 Å². The van der Waals surface area contributed by atoms with Gasteiger partial charge in [-0.3, -0.25) is 4.57 Å². The van der Waals surface area contributed by atoms with Crippen LogP contribution in [0.4, 0.5) is 0 Å². The lowest BCUT2D eigenvalue weighted by atomic mass is 10.0. The molecule has 0 N–H and O–H groups in total. The SMILES string of the molecule is c1ccc(-c2nc(-c3ccccc3)nc(-n3c4ccccc4c4cc(-c5ccc6c(c5)sc5ccccc56)ccc43)n2)cc1. The Morgan fingerprint density at radius 2 is 0.955 bits per heavy atom. The molecule has 0 aliphatic rings. The topological polar surface area (TPSA) is 43.6 Å². The molecule has 206 valence electrons. The number of aromatic nitrogens is 4. The molecular weight excluding hydrogens is 557 g/mol. The van der Waals surface area contributed by atoms with Crippen molar-refractivity contribution in [3.63, 3.8) is 0 Å². The third-order valence-electron chi connectivity index (χ3n) is 8.27. The normalized spacial score (nSPS) is 11.6. The molecule has 3 aromatic heterocycles.